The summed E-state index contributed by atoms with van der Waals surface area (Å²) in [4.78, 5) is 2.75. The van der Waals surface area contributed by atoms with Crippen molar-refractivity contribution in [2.24, 2.45) is 5.41 Å². The zero-order valence-electron chi connectivity index (χ0n) is 14.2. The van der Waals surface area contributed by atoms with Gasteiger partial charge < -0.3 is 4.42 Å². The van der Waals surface area contributed by atoms with E-state index in [0.29, 0.717) is 4.90 Å². The molecule has 1 aliphatic carbocycles. The van der Waals surface area contributed by atoms with Crippen LogP contribution in [-0.2, 0) is 16.6 Å². The predicted octanol–water partition coefficient (Wildman–Crippen LogP) is 3.00. The lowest BCUT2D eigenvalue weighted by Crippen LogP contribution is -2.58. The number of likely N-dealkylation sites (tertiary alicyclic amines) is 1. The van der Waals surface area contributed by atoms with Gasteiger partial charge in [-0.1, -0.05) is 18.2 Å². The smallest absolute Gasteiger partial charge is 0.240 e. The van der Waals surface area contributed by atoms with Crippen molar-refractivity contribution in [3.05, 3.63) is 54.5 Å². The maximum Gasteiger partial charge on any atom is 0.240 e. The van der Waals surface area contributed by atoms with Gasteiger partial charge in [-0.15, -0.1) is 0 Å². The third-order valence-corrected chi connectivity index (χ3v) is 7.32. The van der Waals surface area contributed by atoms with E-state index in [-0.39, 0.29) is 11.5 Å². The number of hydrogen-bond acceptors (Lipinski definition) is 4. The van der Waals surface area contributed by atoms with Crippen LogP contribution in [0.25, 0.3) is 0 Å². The van der Waals surface area contributed by atoms with E-state index >= 15 is 0 Å². The number of nitrogens with one attached hydrogen (secondary N) is 1. The van der Waals surface area contributed by atoms with Crippen LogP contribution in [0.15, 0.2) is 58.0 Å². The molecule has 4 rings (SSSR count). The molecule has 1 N–H and O–H groups in total. The Balaban J connectivity index is 1.38. The van der Waals surface area contributed by atoms with Crippen LogP contribution in [0.4, 0.5) is 0 Å². The molecule has 1 saturated heterocycles. The van der Waals surface area contributed by atoms with Crippen molar-refractivity contribution < 1.29 is 12.8 Å². The molecule has 25 heavy (non-hydrogen) atoms. The Labute approximate surface area is 149 Å². The average Bonchev–Trinajstić information content (AvgIpc) is 3.13. The van der Waals surface area contributed by atoms with E-state index in [0.717, 1.165) is 51.1 Å². The van der Waals surface area contributed by atoms with E-state index in [1.165, 1.54) is 0 Å². The third-order valence-electron chi connectivity index (χ3n) is 5.83. The largest absolute Gasteiger partial charge is 0.468 e. The molecule has 1 saturated carbocycles. The number of furan rings is 1. The summed E-state index contributed by atoms with van der Waals surface area (Å²) in [5, 5.41) is 0. The molecule has 0 unspecified atom stereocenters. The molecule has 1 atom stereocenters. The topological polar surface area (TPSA) is 62.6 Å². The first-order valence-electron chi connectivity index (χ1n) is 8.90. The SMILES string of the molecule is O=S(=O)(N[C@H]1CCC12CCN(Cc1ccco1)CC2)c1ccccc1. The standard InChI is InChI=1S/C19H24N2O3S/c22-25(23,17-6-2-1-3-7-17)20-18-8-9-19(18)10-12-21(13-11-19)15-16-5-4-14-24-16/h1-7,14,18,20H,8-13,15H2/t18-/m0/s1. The first-order valence-corrected chi connectivity index (χ1v) is 10.4. The highest BCUT2D eigenvalue weighted by Crippen LogP contribution is 2.49. The van der Waals surface area contributed by atoms with E-state index in [1.54, 1.807) is 30.5 Å². The van der Waals surface area contributed by atoms with Crippen molar-refractivity contribution in [3.63, 3.8) is 0 Å². The van der Waals surface area contributed by atoms with Gasteiger partial charge in [0.2, 0.25) is 10.0 Å². The van der Waals surface area contributed by atoms with Gasteiger partial charge in [0, 0.05) is 6.04 Å². The number of sulfonamides is 1. The van der Waals surface area contributed by atoms with E-state index in [9.17, 15) is 8.42 Å². The highest BCUT2D eigenvalue weighted by molar-refractivity contribution is 7.89. The van der Waals surface area contributed by atoms with Crippen molar-refractivity contribution in [2.75, 3.05) is 13.1 Å². The van der Waals surface area contributed by atoms with Crippen molar-refractivity contribution in [2.45, 2.75) is 43.2 Å². The second-order valence-electron chi connectivity index (χ2n) is 7.24. The van der Waals surface area contributed by atoms with Crippen LogP contribution >= 0.6 is 0 Å². The normalized spacial score (nSPS) is 23.4. The quantitative estimate of drug-likeness (QED) is 0.890. The fourth-order valence-corrected chi connectivity index (χ4v) is 5.51. The first kappa shape index (κ1) is 16.8. The molecular weight excluding hydrogens is 336 g/mol. The van der Waals surface area contributed by atoms with Gasteiger partial charge in [-0.05, 0) is 68.5 Å². The van der Waals surface area contributed by atoms with Crippen LogP contribution in [0.5, 0.6) is 0 Å². The van der Waals surface area contributed by atoms with Crippen LogP contribution in [0, 0.1) is 5.41 Å². The lowest BCUT2D eigenvalue weighted by Gasteiger charge is -2.53. The van der Waals surface area contributed by atoms with Crippen LogP contribution in [-0.4, -0.2) is 32.4 Å². The van der Waals surface area contributed by atoms with Crippen molar-refractivity contribution in [1.82, 2.24) is 9.62 Å². The van der Waals surface area contributed by atoms with E-state index < -0.39 is 10.0 Å². The molecule has 6 heteroatoms. The van der Waals surface area contributed by atoms with Gasteiger partial charge in [0.05, 0.1) is 17.7 Å². The summed E-state index contributed by atoms with van der Waals surface area (Å²) in [5.74, 6) is 0.992. The van der Waals surface area contributed by atoms with E-state index in [2.05, 4.69) is 9.62 Å². The minimum atomic E-state index is -3.43. The summed E-state index contributed by atoms with van der Waals surface area (Å²) < 4.78 is 33.6. The summed E-state index contributed by atoms with van der Waals surface area (Å²) in [6, 6.07) is 12.6. The Kier molecular flexibility index (Phi) is 4.43. The summed E-state index contributed by atoms with van der Waals surface area (Å²) in [6.07, 6.45) is 5.83. The summed E-state index contributed by atoms with van der Waals surface area (Å²) >= 11 is 0. The van der Waals surface area contributed by atoms with Gasteiger partial charge in [0.1, 0.15) is 5.76 Å². The van der Waals surface area contributed by atoms with Gasteiger partial charge in [0.25, 0.3) is 0 Å². The van der Waals surface area contributed by atoms with Crippen LogP contribution < -0.4 is 4.72 Å². The first-order chi connectivity index (χ1) is 12.1. The molecule has 5 nitrogen and oxygen atoms in total. The minimum Gasteiger partial charge on any atom is -0.468 e. The molecule has 1 aromatic heterocycles. The zero-order chi connectivity index (χ0) is 17.3. The molecule has 0 bridgehead atoms. The van der Waals surface area contributed by atoms with Gasteiger partial charge >= 0.3 is 0 Å². The van der Waals surface area contributed by atoms with Gasteiger partial charge in [-0.3, -0.25) is 4.90 Å². The van der Waals surface area contributed by atoms with Crippen molar-refractivity contribution in [3.8, 4) is 0 Å². The maximum atomic E-state index is 12.6. The van der Waals surface area contributed by atoms with E-state index in [1.807, 2.05) is 18.2 Å². The molecule has 0 amide bonds. The average molecular weight is 360 g/mol. The molecule has 1 spiro atoms. The molecule has 2 aromatic rings. The molecule has 0 radical (unpaired) electrons. The van der Waals surface area contributed by atoms with Crippen molar-refractivity contribution in [1.29, 1.82) is 0 Å². The molecular formula is C19H24N2O3S. The second-order valence-corrected chi connectivity index (χ2v) is 8.96. The molecule has 2 aliphatic rings. The van der Waals surface area contributed by atoms with Gasteiger partial charge in [-0.2, -0.15) is 0 Å². The summed E-state index contributed by atoms with van der Waals surface area (Å²) in [5.41, 5.74) is 0.127. The number of nitrogens with zero attached hydrogens (tertiary/aromatic N) is 1. The zero-order valence-corrected chi connectivity index (χ0v) is 15.0. The molecule has 2 fully saturated rings. The Morgan fingerprint density at radius 2 is 1.84 bits per heavy atom. The Morgan fingerprint density at radius 1 is 1.08 bits per heavy atom. The highest BCUT2D eigenvalue weighted by Gasteiger charge is 2.49. The lowest BCUT2D eigenvalue weighted by atomic mass is 9.59. The van der Waals surface area contributed by atoms with Gasteiger partial charge in [-0.25, -0.2) is 13.1 Å². The fourth-order valence-electron chi connectivity index (χ4n) is 4.11. The summed E-state index contributed by atoms with van der Waals surface area (Å²) in [7, 11) is -3.43. The van der Waals surface area contributed by atoms with Crippen molar-refractivity contribution >= 4 is 10.0 Å². The maximum absolute atomic E-state index is 12.6. The lowest BCUT2D eigenvalue weighted by molar-refractivity contribution is -0.000930. The van der Waals surface area contributed by atoms with Crippen LogP contribution in [0.3, 0.4) is 0 Å². The monoisotopic (exact) mass is 360 g/mol. The summed E-state index contributed by atoms with van der Waals surface area (Å²) in [6.45, 7) is 2.82. The Bertz CT molecular complexity index is 794. The fraction of sp³-hybridized carbons (Fsp3) is 0.474. The number of benzene rings is 1. The molecule has 1 aromatic carbocycles. The third kappa shape index (κ3) is 3.38. The van der Waals surface area contributed by atoms with Gasteiger partial charge in [0.15, 0.2) is 0 Å². The number of rotatable bonds is 5. The highest BCUT2D eigenvalue weighted by atomic mass is 32.2. The minimum absolute atomic E-state index is 0.0588. The Hall–Kier alpha value is -1.63. The number of piperidine rings is 1. The molecule has 2 heterocycles. The molecule has 134 valence electrons. The molecule has 1 aliphatic heterocycles. The van der Waals surface area contributed by atoms with E-state index in [4.69, 9.17) is 4.42 Å². The van der Waals surface area contributed by atoms with Crippen LogP contribution in [0.2, 0.25) is 0 Å². The second kappa shape index (κ2) is 6.59. The Morgan fingerprint density at radius 3 is 2.44 bits per heavy atom. The van der Waals surface area contributed by atoms with Crippen LogP contribution in [0.1, 0.15) is 31.4 Å². The predicted molar refractivity (Wildman–Crippen MR) is 95.4 cm³/mol. The number of hydrogen-bond donors (Lipinski definition) is 1.